The lowest BCUT2D eigenvalue weighted by Crippen LogP contribution is -2.29. The highest BCUT2D eigenvalue weighted by atomic mass is 16.5. The van der Waals surface area contributed by atoms with Crippen molar-refractivity contribution in [2.75, 3.05) is 26.8 Å². The van der Waals surface area contributed by atoms with E-state index in [1.165, 1.54) is 45.0 Å². The van der Waals surface area contributed by atoms with E-state index < -0.39 is 0 Å². The molecule has 110 valence electrons. The van der Waals surface area contributed by atoms with Gasteiger partial charge in [-0.15, -0.1) is 0 Å². The van der Waals surface area contributed by atoms with Crippen LogP contribution in [0, 0.1) is 0 Å². The molecule has 20 heavy (non-hydrogen) atoms. The molecule has 1 aliphatic rings. The average Bonchev–Trinajstić information content (AvgIpc) is 2.47. The SMILES string of the molecule is COCC(=O)NCc1cccc(CN2CCCCC2)c1. The van der Waals surface area contributed by atoms with E-state index in [4.69, 9.17) is 4.74 Å². The van der Waals surface area contributed by atoms with Crippen LogP contribution in [0.4, 0.5) is 0 Å². The fourth-order valence-corrected chi connectivity index (χ4v) is 2.60. The number of piperidine rings is 1. The van der Waals surface area contributed by atoms with Gasteiger partial charge in [-0.25, -0.2) is 0 Å². The summed E-state index contributed by atoms with van der Waals surface area (Å²) in [4.78, 5) is 13.9. The minimum absolute atomic E-state index is 0.0751. The van der Waals surface area contributed by atoms with E-state index in [1.54, 1.807) is 0 Å². The molecule has 0 unspecified atom stereocenters. The summed E-state index contributed by atoms with van der Waals surface area (Å²) in [6.07, 6.45) is 3.99. The number of nitrogens with one attached hydrogen (secondary N) is 1. The van der Waals surface area contributed by atoms with Crippen LogP contribution in [0.15, 0.2) is 24.3 Å². The van der Waals surface area contributed by atoms with Gasteiger partial charge in [0.1, 0.15) is 6.61 Å². The first-order valence-electron chi connectivity index (χ1n) is 7.34. The van der Waals surface area contributed by atoms with Gasteiger partial charge >= 0.3 is 0 Å². The smallest absolute Gasteiger partial charge is 0.246 e. The molecular weight excluding hydrogens is 252 g/mol. The fraction of sp³-hybridized carbons (Fsp3) is 0.562. The summed E-state index contributed by atoms with van der Waals surface area (Å²) in [6.45, 7) is 4.10. The van der Waals surface area contributed by atoms with E-state index in [1.807, 2.05) is 6.07 Å². The summed E-state index contributed by atoms with van der Waals surface area (Å²) in [5.74, 6) is -0.0751. The Morgan fingerprint density at radius 3 is 2.75 bits per heavy atom. The largest absolute Gasteiger partial charge is 0.375 e. The fourth-order valence-electron chi connectivity index (χ4n) is 2.60. The average molecular weight is 276 g/mol. The first kappa shape index (κ1) is 15.0. The molecule has 1 saturated heterocycles. The molecule has 1 aliphatic heterocycles. The predicted molar refractivity (Wildman–Crippen MR) is 79.3 cm³/mol. The third-order valence-electron chi connectivity index (χ3n) is 3.61. The molecule has 0 radical (unpaired) electrons. The Balaban J connectivity index is 1.85. The number of methoxy groups -OCH3 is 1. The third-order valence-corrected chi connectivity index (χ3v) is 3.61. The van der Waals surface area contributed by atoms with Crippen LogP contribution in [-0.2, 0) is 22.6 Å². The Labute approximate surface area is 121 Å². The summed E-state index contributed by atoms with van der Waals surface area (Å²) in [6, 6.07) is 8.46. The summed E-state index contributed by atoms with van der Waals surface area (Å²) in [7, 11) is 1.53. The van der Waals surface area contributed by atoms with E-state index in [0.717, 1.165) is 12.1 Å². The van der Waals surface area contributed by atoms with E-state index >= 15 is 0 Å². The molecule has 1 aromatic carbocycles. The van der Waals surface area contributed by atoms with Gasteiger partial charge in [0.05, 0.1) is 0 Å². The first-order chi connectivity index (χ1) is 9.78. The quantitative estimate of drug-likeness (QED) is 0.863. The molecule has 0 aliphatic carbocycles. The zero-order chi connectivity index (χ0) is 14.2. The van der Waals surface area contributed by atoms with Crippen LogP contribution in [0.3, 0.4) is 0 Å². The molecule has 2 rings (SSSR count). The Bertz CT molecular complexity index is 428. The molecule has 0 bridgehead atoms. The van der Waals surface area contributed by atoms with Crippen LogP contribution in [0.2, 0.25) is 0 Å². The number of nitrogens with zero attached hydrogens (tertiary/aromatic N) is 1. The van der Waals surface area contributed by atoms with Crippen LogP contribution >= 0.6 is 0 Å². The van der Waals surface area contributed by atoms with Gasteiger partial charge in [-0.3, -0.25) is 9.69 Å². The van der Waals surface area contributed by atoms with Gasteiger partial charge in [0, 0.05) is 20.2 Å². The van der Waals surface area contributed by atoms with Crippen LogP contribution < -0.4 is 5.32 Å². The van der Waals surface area contributed by atoms with Crippen molar-refractivity contribution in [2.45, 2.75) is 32.4 Å². The molecule has 4 heteroatoms. The Morgan fingerprint density at radius 1 is 1.25 bits per heavy atom. The van der Waals surface area contributed by atoms with E-state index in [9.17, 15) is 4.79 Å². The Morgan fingerprint density at radius 2 is 2.00 bits per heavy atom. The van der Waals surface area contributed by atoms with Gasteiger partial charge < -0.3 is 10.1 Å². The lowest BCUT2D eigenvalue weighted by atomic mass is 10.1. The first-order valence-corrected chi connectivity index (χ1v) is 7.34. The van der Waals surface area contributed by atoms with Gasteiger partial charge in [-0.2, -0.15) is 0 Å². The van der Waals surface area contributed by atoms with E-state index in [0.29, 0.717) is 6.54 Å². The normalized spacial score (nSPS) is 16.1. The lowest BCUT2D eigenvalue weighted by Gasteiger charge is -2.26. The molecule has 0 aromatic heterocycles. The van der Waals surface area contributed by atoms with Gasteiger partial charge in [0.25, 0.3) is 0 Å². The van der Waals surface area contributed by atoms with Crippen molar-refractivity contribution in [1.82, 2.24) is 10.2 Å². The second-order valence-corrected chi connectivity index (χ2v) is 5.37. The number of hydrogen-bond acceptors (Lipinski definition) is 3. The van der Waals surface area contributed by atoms with Gasteiger partial charge in [-0.05, 0) is 37.1 Å². The number of hydrogen-bond donors (Lipinski definition) is 1. The van der Waals surface area contributed by atoms with E-state index in [-0.39, 0.29) is 12.5 Å². The predicted octanol–water partition coefficient (Wildman–Crippen LogP) is 1.94. The number of likely N-dealkylation sites (tertiary alicyclic amines) is 1. The van der Waals surface area contributed by atoms with Crippen molar-refractivity contribution in [2.24, 2.45) is 0 Å². The maximum atomic E-state index is 11.4. The molecule has 1 N–H and O–H groups in total. The number of carbonyl (C=O) groups is 1. The highest BCUT2D eigenvalue weighted by molar-refractivity contribution is 5.77. The summed E-state index contributed by atoms with van der Waals surface area (Å²) >= 11 is 0. The third kappa shape index (κ3) is 4.94. The van der Waals surface area contributed by atoms with Crippen molar-refractivity contribution in [3.8, 4) is 0 Å². The molecule has 4 nitrogen and oxygen atoms in total. The number of carbonyl (C=O) groups excluding carboxylic acids is 1. The molecule has 0 atom stereocenters. The van der Waals surface area contributed by atoms with Crippen LogP contribution in [-0.4, -0.2) is 37.6 Å². The zero-order valence-corrected chi connectivity index (χ0v) is 12.2. The second-order valence-electron chi connectivity index (χ2n) is 5.37. The van der Waals surface area contributed by atoms with Crippen LogP contribution in [0.1, 0.15) is 30.4 Å². The molecular formula is C16H24N2O2. The number of benzene rings is 1. The second kappa shape index (κ2) is 8.02. The number of rotatable bonds is 6. The molecule has 1 aromatic rings. The van der Waals surface area contributed by atoms with Crippen molar-refractivity contribution >= 4 is 5.91 Å². The van der Waals surface area contributed by atoms with Crippen molar-refractivity contribution in [3.05, 3.63) is 35.4 Å². The van der Waals surface area contributed by atoms with Gasteiger partial charge in [0.15, 0.2) is 0 Å². The van der Waals surface area contributed by atoms with Crippen molar-refractivity contribution in [3.63, 3.8) is 0 Å². The molecule has 1 fully saturated rings. The highest BCUT2D eigenvalue weighted by Gasteiger charge is 2.10. The monoisotopic (exact) mass is 276 g/mol. The van der Waals surface area contributed by atoms with Crippen LogP contribution in [0.5, 0.6) is 0 Å². The minimum atomic E-state index is -0.0751. The number of ether oxygens (including phenoxy) is 1. The Hall–Kier alpha value is -1.39. The maximum absolute atomic E-state index is 11.4. The lowest BCUT2D eigenvalue weighted by molar-refractivity contribution is -0.124. The zero-order valence-electron chi connectivity index (χ0n) is 12.2. The summed E-state index contributed by atoms with van der Waals surface area (Å²) in [5, 5.41) is 2.85. The van der Waals surface area contributed by atoms with Crippen molar-refractivity contribution < 1.29 is 9.53 Å². The maximum Gasteiger partial charge on any atom is 0.246 e. The molecule has 1 heterocycles. The van der Waals surface area contributed by atoms with E-state index in [2.05, 4.69) is 28.4 Å². The summed E-state index contributed by atoms with van der Waals surface area (Å²) < 4.78 is 4.80. The van der Waals surface area contributed by atoms with Crippen LogP contribution in [0.25, 0.3) is 0 Å². The topological polar surface area (TPSA) is 41.6 Å². The highest BCUT2D eigenvalue weighted by Crippen LogP contribution is 2.14. The minimum Gasteiger partial charge on any atom is -0.375 e. The Kier molecular flexibility index (Phi) is 6.02. The standard InChI is InChI=1S/C16H24N2O2/c1-20-13-16(19)17-11-14-6-5-7-15(10-14)12-18-8-3-2-4-9-18/h5-7,10H,2-4,8-9,11-13H2,1H3,(H,17,19). The molecule has 1 amide bonds. The van der Waals surface area contributed by atoms with Gasteiger partial charge in [0.2, 0.25) is 5.91 Å². The molecule has 0 spiro atoms. The number of amides is 1. The summed E-state index contributed by atoms with van der Waals surface area (Å²) in [5.41, 5.74) is 2.47. The van der Waals surface area contributed by atoms with Crippen molar-refractivity contribution in [1.29, 1.82) is 0 Å². The molecule has 0 saturated carbocycles. The van der Waals surface area contributed by atoms with Gasteiger partial charge in [-0.1, -0.05) is 30.7 Å².